The smallest absolute Gasteiger partial charge is 0.416 e. The number of carbonyl (C=O) groups is 1. The summed E-state index contributed by atoms with van der Waals surface area (Å²) in [7, 11) is 0. The van der Waals surface area contributed by atoms with Crippen molar-refractivity contribution in [1.29, 1.82) is 0 Å². The van der Waals surface area contributed by atoms with E-state index in [1.807, 2.05) is 26.0 Å². The van der Waals surface area contributed by atoms with Gasteiger partial charge in [-0.15, -0.1) is 11.8 Å². The zero-order chi connectivity index (χ0) is 28.3. The van der Waals surface area contributed by atoms with E-state index >= 15 is 0 Å². The summed E-state index contributed by atoms with van der Waals surface area (Å²) in [6.07, 6.45) is -4.76. The molecule has 0 bridgehead atoms. The fourth-order valence-electron chi connectivity index (χ4n) is 5.69. The van der Waals surface area contributed by atoms with E-state index in [4.69, 9.17) is 14.2 Å². The van der Waals surface area contributed by atoms with Crippen LogP contribution in [0.1, 0.15) is 52.0 Å². The molecule has 1 saturated heterocycles. The number of fused-ring (bicyclic) bond motifs is 4. The predicted octanol–water partition coefficient (Wildman–Crippen LogP) is 5.53. The number of ether oxygens (including phenoxy) is 3. The third kappa shape index (κ3) is 4.75. The van der Waals surface area contributed by atoms with Gasteiger partial charge in [-0.1, -0.05) is 6.07 Å². The Kier molecular flexibility index (Phi) is 6.61. The molecular weight excluding hydrogens is 545 g/mol. The molecule has 1 fully saturated rings. The first kappa shape index (κ1) is 26.8. The van der Waals surface area contributed by atoms with Crippen molar-refractivity contribution in [1.82, 2.24) is 9.47 Å². The lowest BCUT2D eigenvalue weighted by molar-refractivity contribution is -0.137. The van der Waals surface area contributed by atoms with Crippen molar-refractivity contribution < 1.29 is 32.2 Å². The molecule has 4 heterocycles. The van der Waals surface area contributed by atoms with Gasteiger partial charge in [-0.3, -0.25) is 9.59 Å². The predicted molar refractivity (Wildman–Crippen MR) is 143 cm³/mol. The highest BCUT2D eigenvalue weighted by molar-refractivity contribution is 7.99. The molecule has 1 aromatic heterocycles. The summed E-state index contributed by atoms with van der Waals surface area (Å²) in [6.45, 7) is 6.12. The first-order valence-electron chi connectivity index (χ1n) is 13.0. The number of hydrogen-bond acceptors (Lipinski definition) is 6. The quantitative estimate of drug-likeness (QED) is 0.402. The Bertz CT molecular complexity index is 1560. The number of aromatic nitrogens is 1. The minimum absolute atomic E-state index is 0.0245. The third-order valence-corrected chi connectivity index (χ3v) is 8.68. The van der Waals surface area contributed by atoms with Gasteiger partial charge in [0.25, 0.3) is 5.91 Å². The molecular formula is C29H27F3N2O5S. The highest BCUT2D eigenvalue weighted by Gasteiger charge is 2.36. The molecule has 2 aromatic carbocycles. The van der Waals surface area contributed by atoms with Crippen LogP contribution in [-0.2, 0) is 17.3 Å². The molecule has 0 N–H and O–H groups in total. The zero-order valence-electron chi connectivity index (χ0n) is 22.1. The van der Waals surface area contributed by atoms with Crippen LogP contribution in [-0.4, -0.2) is 47.5 Å². The van der Waals surface area contributed by atoms with Crippen LogP contribution in [0.25, 0.3) is 5.69 Å². The van der Waals surface area contributed by atoms with Gasteiger partial charge in [0, 0.05) is 47.1 Å². The van der Waals surface area contributed by atoms with Crippen LogP contribution >= 0.6 is 11.8 Å². The topological polar surface area (TPSA) is 70.0 Å². The Morgan fingerprint density at radius 2 is 1.73 bits per heavy atom. The number of benzene rings is 2. The van der Waals surface area contributed by atoms with Crippen LogP contribution in [0.4, 0.5) is 13.2 Å². The summed E-state index contributed by atoms with van der Waals surface area (Å²) >= 11 is 1.39. The Morgan fingerprint density at radius 1 is 1.00 bits per heavy atom. The maximum absolute atomic E-state index is 14.0. The lowest BCUT2D eigenvalue weighted by atomic mass is 10.00. The fraction of sp³-hybridized carbons (Fsp3) is 0.379. The summed E-state index contributed by atoms with van der Waals surface area (Å²) in [5, 5.41) is -0.325. The molecule has 210 valence electrons. The molecule has 0 saturated carbocycles. The van der Waals surface area contributed by atoms with Crippen LogP contribution in [0, 0.1) is 6.92 Å². The van der Waals surface area contributed by atoms with Crippen molar-refractivity contribution in [3.05, 3.63) is 80.8 Å². The first-order valence-corrected chi connectivity index (χ1v) is 13.9. The molecule has 6 rings (SSSR count). The Balaban J connectivity index is 1.56. The summed E-state index contributed by atoms with van der Waals surface area (Å²) in [6, 6.07) is 10.5. The van der Waals surface area contributed by atoms with Crippen LogP contribution in [0.3, 0.4) is 0 Å². The fourth-order valence-corrected chi connectivity index (χ4v) is 6.94. The highest BCUT2D eigenvalue weighted by atomic mass is 32.2. The van der Waals surface area contributed by atoms with E-state index in [1.54, 1.807) is 22.5 Å². The van der Waals surface area contributed by atoms with Crippen molar-refractivity contribution in [3.8, 4) is 17.2 Å². The molecule has 0 spiro atoms. The number of carbonyl (C=O) groups excluding carboxylic acids is 1. The largest absolute Gasteiger partial charge is 0.454 e. The van der Waals surface area contributed by atoms with Gasteiger partial charge in [0.1, 0.15) is 5.56 Å². The van der Waals surface area contributed by atoms with E-state index in [0.29, 0.717) is 40.9 Å². The molecule has 0 radical (unpaired) electrons. The summed E-state index contributed by atoms with van der Waals surface area (Å²) in [4.78, 5) is 29.7. The number of pyridine rings is 1. The molecule has 3 aliphatic rings. The average Bonchev–Trinajstić information content (AvgIpc) is 3.28. The van der Waals surface area contributed by atoms with E-state index in [9.17, 15) is 22.8 Å². The lowest BCUT2D eigenvalue weighted by Crippen LogP contribution is -2.49. The average molecular weight is 573 g/mol. The molecule has 7 nitrogen and oxygen atoms in total. The second kappa shape index (κ2) is 9.88. The summed E-state index contributed by atoms with van der Waals surface area (Å²) in [5.74, 6) is 0.737. The van der Waals surface area contributed by atoms with Gasteiger partial charge in [0.15, 0.2) is 16.9 Å². The number of aryl methyl sites for hydroxylation is 1. The molecule has 1 amide bonds. The summed E-state index contributed by atoms with van der Waals surface area (Å²) < 4.78 is 59.9. The Morgan fingerprint density at radius 3 is 2.45 bits per heavy atom. The molecule has 11 heteroatoms. The number of halogens is 3. The first-order chi connectivity index (χ1) is 19.0. The van der Waals surface area contributed by atoms with Crippen LogP contribution in [0.2, 0.25) is 0 Å². The normalized spacial score (nSPS) is 21.9. The number of hydrogen-bond donors (Lipinski definition) is 0. The van der Waals surface area contributed by atoms with Crippen LogP contribution < -0.4 is 14.9 Å². The van der Waals surface area contributed by atoms with Crippen molar-refractivity contribution in [3.63, 3.8) is 0 Å². The number of nitrogens with zero attached hydrogens (tertiary/aromatic N) is 2. The molecule has 3 aliphatic heterocycles. The minimum Gasteiger partial charge on any atom is -0.454 e. The van der Waals surface area contributed by atoms with Gasteiger partial charge in [-0.25, -0.2) is 0 Å². The molecule has 1 unspecified atom stereocenters. The van der Waals surface area contributed by atoms with Gasteiger partial charge in [-0.05, 0) is 56.7 Å². The number of alkyl halides is 3. The van der Waals surface area contributed by atoms with Crippen molar-refractivity contribution >= 4 is 17.7 Å². The number of amides is 1. The SMILES string of the molecule is Cc1cc(=O)c(C(=O)N2C[C@@H](C)O[C@@H](C)C2)c2n1-c1cc(C(F)(F)F)ccc1SC(c1ccc3c(c1)OCO3)C2. The molecule has 40 heavy (non-hydrogen) atoms. The second-order valence-electron chi connectivity index (χ2n) is 10.4. The van der Waals surface area contributed by atoms with E-state index in [1.165, 1.54) is 23.9 Å². The van der Waals surface area contributed by atoms with Crippen molar-refractivity contribution in [2.24, 2.45) is 0 Å². The second-order valence-corrected chi connectivity index (χ2v) is 11.6. The van der Waals surface area contributed by atoms with Gasteiger partial charge in [-0.2, -0.15) is 13.2 Å². The summed E-state index contributed by atoms with van der Waals surface area (Å²) in [5.41, 5.74) is 0.681. The Labute approximate surface area is 232 Å². The van der Waals surface area contributed by atoms with E-state index in [-0.39, 0.29) is 41.9 Å². The van der Waals surface area contributed by atoms with Crippen molar-refractivity contribution in [2.75, 3.05) is 19.9 Å². The molecule has 3 atom stereocenters. The van der Waals surface area contributed by atoms with Gasteiger partial charge < -0.3 is 23.7 Å². The Hall–Kier alpha value is -3.44. The van der Waals surface area contributed by atoms with E-state index in [2.05, 4.69) is 0 Å². The maximum atomic E-state index is 14.0. The van der Waals surface area contributed by atoms with Gasteiger partial charge in [0.05, 0.1) is 23.5 Å². The maximum Gasteiger partial charge on any atom is 0.416 e. The highest BCUT2D eigenvalue weighted by Crippen LogP contribution is 2.47. The van der Waals surface area contributed by atoms with Gasteiger partial charge in [0.2, 0.25) is 6.79 Å². The van der Waals surface area contributed by atoms with E-state index < -0.39 is 23.1 Å². The molecule has 0 aliphatic carbocycles. The minimum atomic E-state index is -4.56. The standard InChI is InChI=1S/C29H27F3N2O5S/c1-15-8-22(35)27(28(36)33-12-16(2)39-17(3)13-33)21-11-26(18-4-6-23-24(9-18)38-14-37-23)40-25-7-5-19(29(30,31)32)10-20(25)34(15)21/h4-10,16-17,26H,11-14H2,1-3H3/t16-,17+,26?. The zero-order valence-corrected chi connectivity index (χ0v) is 22.9. The number of morpholine rings is 1. The van der Waals surface area contributed by atoms with Gasteiger partial charge >= 0.3 is 6.18 Å². The van der Waals surface area contributed by atoms with Crippen LogP contribution in [0.15, 0.2) is 52.2 Å². The van der Waals surface area contributed by atoms with E-state index in [0.717, 1.165) is 17.7 Å². The number of rotatable bonds is 2. The monoisotopic (exact) mass is 572 g/mol. The molecule has 3 aromatic rings. The third-order valence-electron chi connectivity index (χ3n) is 7.36. The number of thioether (sulfide) groups is 1. The lowest BCUT2D eigenvalue weighted by Gasteiger charge is -2.35. The van der Waals surface area contributed by atoms with Crippen molar-refractivity contribution in [2.45, 2.75) is 55.7 Å². The van der Waals surface area contributed by atoms with Crippen LogP contribution in [0.5, 0.6) is 11.5 Å².